The third-order valence-corrected chi connectivity index (χ3v) is 7.26. The topological polar surface area (TPSA) is 45.2 Å². The van der Waals surface area contributed by atoms with Crippen LogP contribution in [0.2, 0.25) is 5.02 Å². The number of para-hydroxylation sites is 1. The van der Waals surface area contributed by atoms with Gasteiger partial charge in [-0.25, -0.2) is 9.78 Å². The molecule has 1 aliphatic heterocycles. The van der Waals surface area contributed by atoms with Crippen molar-refractivity contribution in [1.82, 2.24) is 9.88 Å². The Balaban J connectivity index is 1.48. The van der Waals surface area contributed by atoms with E-state index in [0.717, 1.165) is 37.6 Å². The second-order valence-electron chi connectivity index (χ2n) is 5.43. The minimum Gasteiger partial charge on any atom is -0.314 e. The minimum atomic E-state index is -0.0763. The SMILES string of the molecule is O=C(Nc1ccc(Sc2nc3ccccc3s2)c(Cl)c1)N1CCSC1. The molecule has 4 rings (SSSR count). The van der Waals surface area contributed by atoms with Gasteiger partial charge in [0.05, 0.1) is 21.1 Å². The fraction of sp³-hybridized carbons (Fsp3) is 0.176. The number of carbonyl (C=O) groups is 1. The van der Waals surface area contributed by atoms with Gasteiger partial charge in [0, 0.05) is 22.9 Å². The van der Waals surface area contributed by atoms with Crippen molar-refractivity contribution in [2.75, 3.05) is 23.5 Å². The lowest BCUT2D eigenvalue weighted by molar-refractivity contribution is 0.225. The summed E-state index contributed by atoms with van der Waals surface area (Å²) in [6.45, 7) is 0.787. The molecule has 3 aromatic rings. The lowest BCUT2D eigenvalue weighted by atomic mass is 10.3. The normalized spacial score (nSPS) is 14.2. The van der Waals surface area contributed by atoms with Crippen molar-refractivity contribution in [2.45, 2.75) is 9.24 Å². The molecular formula is C17H14ClN3OS3. The molecule has 0 atom stereocenters. The number of hydrogen-bond acceptors (Lipinski definition) is 5. The highest BCUT2D eigenvalue weighted by Crippen LogP contribution is 2.38. The van der Waals surface area contributed by atoms with Crippen LogP contribution in [0.3, 0.4) is 0 Å². The lowest BCUT2D eigenvalue weighted by Crippen LogP contribution is -2.32. The van der Waals surface area contributed by atoms with Crippen LogP contribution in [0.5, 0.6) is 0 Å². The van der Waals surface area contributed by atoms with E-state index >= 15 is 0 Å². The third-order valence-electron chi connectivity index (χ3n) is 3.69. The van der Waals surface area contributed by atoms with Crippen LogP contribution in [0.1, 0.15) is 0 Å². The van der Waals surface area contributed by atoms with Gasteiger partial charge in [0.25, 0.3) is 0 Å². The fourth-order valence-electron chi connectivity index (χ4n) is 2.43. The first-order valence-electron chi connectivity index (χ1n) is 7.66. The molecule has 2 aromatic carbocycles. The Morgan fingerprint density at radius 2 is 2.16 bits per heavy atom. The summed E-state index contributed by atoms with van der Waals surface area (Å²) < 4.78 is 2.11. The highest BCUT2D eigenvalue weighted by Gasteiger charge is 2.18. The zero-order valence-corrected chi connectivity index (χ0v) is 16.3. The van der Waals surface area contributed by atoms with E-state index in [1.165, 1.54) is 0 Å². The van der Waals surface area contributed by atoms with Gasteiger partial charge in [-0.1, -0.05) is 35.5 Å². The van der Waals surface area contributed by atoms with Crippen LogP contribution in [0.25, 0.3) is 10.2 Å². The number of nitrogens with one attached hydrogen (secondary N) is 1. The summed E-state index contributed by atoms with van der Waals surface area (Å²) in [6, 6.07) is 13.6. The van der Waals surface area contributed by atoms with E-state index in [9.17, 15) is 4.79 Å². The maximum atomic E-state index is 12.1. The molecule has 1 fully saturated rings. The van der Waals surface area contributed by atoms with Crippen molar-refractivity contribution in [3.8, 4) is 0 Å². The Morgan fingerprint density at radius 1 is 1.28 bits per heavy atom. The number of carbonyl (C=O) groups excluding carboxylic acids is 1. The van der Waals surface area contributed by atoms with E-state index in [1.807, 2.05) is 30.3 Å². The number of hydrogen-bond donors (Lipinski definition) is 1. The molecule has 128 valence electrons. The number of fused-ring (bicyclic) bond motifs is 1. The molecule has 1 aromatic heterocycles. The maximum absolute atomic E-state index is 12.1. The number of rotatable bonds is 3. The summed E-state index contributed by atoms with van der Waals surface area (Å²) in [6.07, 6.45) is 0. The zero-order chi connectivity index (χ0) is 17.2. The summed E-state index contributed by atoms with van der Waals surface area (Å²) in [7, 11) is 0. The van der Waals surface area contributed by atoms with E-state index in [1.54, 1.807) is 45.8 Å². The second-order valence-corrected chi connectivity index (χ2v) is 9.23. The van der Waals surface area contributed by atoms with Gasteiger partial charge in [0.15, 0.2) is 4.34 Å². The van der Waals surface area contributed by atoms with Crippen LogP contribution in [-0.2, 0) is 0 Å². The number of halogens is 1. The van der Waals surface area contributed by atoms with Gasteiger partial charge in [0.1, 0.15) is 0 Å². The molecular weight excluding hydrogens is 394 g/mol. The van der Waals surface area contributed by atoms with Crippen LogP contribution in [0.4, 0.5) is 10.5 Å². The quantitative estimate of drug-likeness (QED) is 0.610. The number of aromatic nitrogens is 1. The summed E-state index contributed by atoms with van der Waals surface area (Å²) >= 11 is 11.4. The van der Waals surface area contributed by atoms with Gasteiger partial charge in [-0.3, -0.25) is 0 Å². The molecule has 0 saturated carbocycles. The number of urea groups is 1. The Morgan fingerprint density at radius 3 is 2.92 bits per heavy atom. The van der Waals surface area contributed by atoms with Gasteiger partial charge in [-0.15, -0.1) is 23.1 Å². The standard InChI is InChI=1S/C17H14ClN3OS3/c18-12-9-11(19-16(22)21-7-8-23-10-21)5-6-14(12)24-17-20-13-3-1-2-4-15(13)25-17/h1-6,9H,7-8,10H2,(H,19,22). The van der Waals surface area contributed by atoms with E-state index < -0.39 is 0 Å². The molecule has 0 spiro atoms. The Hall–Kier alpha value is -1.41. The minimum absolute atomic E-state index is 0.0763. The molecule has 2 heterocycles. The van der Waals surface area contributed by atoms with E-state index in [2.05, 4.69) is 16.4 Å². The summed E-state index contributed by atoms with van der Waals surface area (Å²) in [4.78, 5) is 19.5. The van der Waals surface area contributed by atoms with Crippen molar-refractivity contribution in [3.63, 3.8) is 0 Å². The first kappa shape index (κ1) is 17.0. The van der Waals surface area contributed by atoms with Crippen LogP contribution in [0.15, 0.2) is 51.7 Å². The number of thioether (sulfide) groups is 1. The van der Waals surface area contributed by atoms with Crippen LogP contribution in [-0.4, -0.2) is 34.1 Å². The van der Waals surface area contributed by atoms with Crippen molar-refractivity contribution in [3.05, 3.63) is 47.5 Å². The predicted molar refractivity (Wildman–Crippen MR) is 108 cm³/mol. The molecule has 2 amide bonds. The molecule has 4 nitrogen and oxygen atoms in total. The molecule has 0 bridgehead atoms. The lowest BCUT2D eigenvalue weighted by Gasteiger charge is -2.15. The van der Waals surface area contributed by atoms with Crippen LogP contribution < -0.4 is 5.32 Å². The van der Waals surface area contributed by atoms with Gasteiger partial charge < -0.3 is 10.2 Å². The van der Waals surface area contributed by atoms with Crippen LogP contribution in [0, 0.1) is 0 Å². The molecule has 0 aliphatic carbocycles. The molecule has 8 heteroatoms. The van der Waals surface area contributed by atoms with E-state index in [-0.39, 0.29) is 6.03 Å². The smallest absolute Gasteiger partial charge is 0.314 e. The Bertz CT molecular complexity index is 891. The number of nitrogens with zero attached hydrogens (tertiary/aromatic N) is 2. The van der Waals surface area contributed by atoms with Gasteiger partial charge in [-0.05, 0) is 30.3 Å². The van der Waals surface area contributed by atoms with E-state index in [0.29, 0.717) is 10.7 Å². The largest absolute Gasteiger partial charge is 0.322 e. The average molecular weight is 408 g/mol. The highest BCUT2D eigenvalue weighted by atomic mass is 35.5. The van der Waals surface area contributed by atoms with Crippen LogP contribution >= 0.6 is 46.5 Å². The first-order valence-corrected chi connectivity index (χ1v) is 10.8. The predicted octanol–water partition coefficient (Wildman–Crippen LogP) is 5.64. The van der Waals surface area contributed by atoms with Crippen molar-refractivity contribution in [1.29, 1.82) is 0 Å². The van der Waals surface area contributed by atoms with E-state index in [4.69, 9.17) is 11.6 Å². The molecule has 1 aliphatic rings. The fourth-order valence-corrected chi connectivity index (χ4v) is 5.70. The number of amides is 2. The van der Waals surface area contributed by atoms with Crippen molar-refractivity contribution >= 4 is 68.4 Å². The molecule has 1 N–H and O–H groups in total. The average Bonchev–Trinajstić information content (AvgIpc) is 3.26. The highest BCUT2D eigenvalue weighted by molar-refractivity contribution is 8.01. The van der Waals surface area contributed by atoms with Crippen molar-refractivity contribution in [2.24, 2.45) is 0 Å². The molecule has 1 saturated heterocycles. The number of thiazole rings is 1. The Kier molecular flexibility index (Phi) is 5.08. The number of benzene rings is 2. The third kappa shape index (κ3) is 3.89. The molecule has 0 radical (unpaired) electrons. The monoisotopic (exact) mass is 407 g/mol. The van der Waals surface area contributed by atoms with Gasteiger partial charge >= 0.3 is 6.03 Å². The number of anilines is 1. The summed E-state index contributed by atoms with van der Waals surface area (Å²) in [5.41, 5.74) is 1.71. The molecule has 0 unspecified atom stereocenters. The van der Waals surface area contributed by atoms with Crippen molar-refractivity contribution < 1.29 is 4.79 Å². The summed E-state index contributed by atoms with van der Waals surface area (Å²) in [5.74, 6) is 1.73. The Labute approximate surface area is 163 Å². The second kappa shape index (κ2) is 7.45. The first-order chi connectivity index (χ1) is 12.2. The summed E-state index contributed by atoms with van der Waals surface area (Å²) in [5, 5.41) is 3.51. The zero-order valence-electron chi connectivity index (χ0n) is 13.1. The maximum Gasteiger partial charge on any atom is 0.322 e. The van der Waals surface area contributed by atoms with Gasteiger partial charge in [-0.2, -0.15) is 0 Å². The molecule has 25 heavy (non-hydrogen) atoms. The van der Waals surface area contributed by atoms with Gasteiger partial charge in [0.2, 0.25) is 0 Å².